The third-order valence-electron chi connectivity index (χ3n) is 3.66. The van der Waals surface area contributed by atoms with Crippen LogP contribution >= 0.6 is 23.2 Å². The van der Waals surface area contributed by atoms with Crippen molar-refractivity contribution in [2.45, 2.75) is 12.5 Å². The van der Waals surface area contributed by atoms with Gasteiger partial charge in [-0.15, -0.1) is 0 Å². The molecule has 2 heterocycles. The van der Waals surface area contributed by atoms with Crippen LogP contribution in [0, 0.1) is 0 Å². The summed E-state index contributed by atoms with van der Waals surface area (Å²) in [7, 11) is 0. The molecule has 1 unspecified atom stereocenters. The number of hydrogen-bond acceptors (Lipinski definition) is 4. The molecule has 6 heteroatoms. The van der Waals surface area contributed by atoms with Crippen LogP contribution in [0.25, 0.3) is 11.1 Å². The molecule has 3 aromatic rings. The van der Waals surface area contributed by atoms with Gasteiger partial charge in [0.15, 0.2) is 5.58 Å². The Morgan fingerprint density at radius 1 is 1.09 bits per heavy atom. The smallest absolute Gasteiger partial charge is 0.296 e. The zero-order chi connectivity index (χ0) is 15.1. The number of rotatable bonds is 2. The van der Waals surface area contributed by atoms with Crippen molar-refractivity contribution in [1.82, 2.24) is 4.98 Å². The molecule has 0 saturated heterocycles. The number of hydrogen-bond donors (Lipinski definition) is 1. The summed E-state index contributed by atoms with van der Waals surface area (Å²) >= 11 is 12.1. The van der Waals surface area contributed by atoms with E-state index in [9.17, 15) is 0 Å². The molecule has 0 fully saturated rings. The minimum absolute atomic E-state index is 0.0472. The number of benzene rings is 2. The van der Waals surface area contributed by atoms with Crippen LogP contribution in [0.5, 0.6) is 5.75 Å². The molecule has 112 valence electrons. The zero-order valence-electron chi connectivity index (χ0n) is 11.5. The van der Waals surface area contributed by atoms with Gasteiger partial charge in [-0.25, -0.2) is 0 Å². The molecule has 22 heavy (non-hydrogen) atoms. The quantitative estimate of drug-likeness (QED) is 0.710. The molecular formula is C16H12Cl2N2O2. The second-order valence-electron chi connectivity index (χ2n) is 5.15. The Kier molecular flexibility index (Phi) is 3.36. The summed E-state index contributed by atoms with van der Waals surface area (Å²) in [6.07, 6.45) is 0.812. The van der Waals surface area contributed by atoms with Crippen molar-refractivity contribution in [3.63, 3.8) is 0 Å². The van der Waals surface area contributed by atoms with E-state index in [1.165, 1.54) is 0 Å². The summed E-state index contributed by atoms with van der Waals surface area (Å²) in [5, 5.41) is 4.63. The van der Waals surface area contributed by atoms with Gasteiger partial charge in [-0.1, -0.05) is 23.2 Å². The molecule has 0 radical (unpaired) electrons. The van der Waals surface area contributed by atoms with E-state index in [2.05, 4.69) is 10.3 Å². The Labute approximate surface area is 137 Å². The Morgan fingerprint density at radius 2 is 1.91 bits per heavy atom. The van der Waals surface area contributed by atoms with Crippen molar-refractivity contribution in [2.75, 3.05) is 11.9 Å². The summed E-state index contributed by atoms with van der Waals surface area (Å²) < 4.78 is 11.4. The average molecular weight is 335 g/mol. The van der Waals surface area contributed by atoms with E-state index in [-0.39, 0.29) is 6.04 Å². The molecule has 1 aliphatic heterocycles. The van der Waals surface area contributed by atoms with Crippen LogP contribution in [0.3, 0.4) is 0 Å². The van der Waals surface area contributed by atoms with Gasteiger partial charge in [-0.05, 0) is 36.4 Å². The minimum Gasteiger partial charge on any atom is -0.493 e. The largest absolute Gasteiger partial charge is 0.493 e. The van der Waals surface area contributed by atoms with Gasteiger partial charge >= 0.3 is 0 Å². The summed E-state index contributed by atoms with van der Waals surface area (Å²) in [6.45, 7) is 0.637. The molecule has 1 aliphatic rings. The summed E-state index contributed by atoms with van der Waals surface area (Å²) in [6, 6.07) is 11.5. The number of fused-ring (bicyclic) bond motifs is 2. The zero-order valence-corrected chi connectivity index (χ0v) is 13.0. The van der Waals surface area contributed by atoms with Gasteiger partial charge in [0, 0.05) is 22.0 Å². The van der Waals surface area contributed by atoms with E-state index in [1.807, 2.05) is 24.3 Å². The summed E-state index contributed by atoms with van der Waals surface area (Å²) in [4.78, 5) is 4.43. The number of oxazole rings is 1. The highest BCUT2D eigenvalue weighted by Crippen LogP contribution is 2.36. The van der Waals surface area contributed by atoms with Crippen LogP contribution in [0.1, 0.15) is 18.0 Å². The molecule has 1 atom stereocenters. The lowest BCUT2D eigenvalue weighted by Crippen LogP contribution is -2.20. The van der Waals surface area contributed by atoms with Gasteiger partial charge in [-0.3, -0.25) is 0 Å². The van der Waals surface area contributed by atoms with Crippen molar-refractivity contribution in [3.05, 3.63) is 52.0 Å². The third kappa shape index (κ3) is 2.49. The highest BCUT2D eigenvalue weighted by Gasteiger charge is 2.23. The molecule has 4 rings (SSSR count). The normalized spacial score (nSPS) is 17.1. The Morgan fingerprint density at radius 3 is 2.82 bits per heavy atom. The number of ether oxygens (including phenoxy) is 1. The van der Waals surface area contributed by atoms with E-state index in [0.29, 0.717) is 28.2 Å². The van der Waals surface area contributed by atoms with Crippen LogP contribution in [-0.2, 0) is 0 Å². The molecule has 2 aromatic carbocycles. The first-order valence-corrected chi connectivity index (χ1v) is 7.69. The number of halogens is 2. The maximum atomic E-state index is 6.09. The molecule has 4 nitrogen and oxygen atoms in total. The van der Waals surface area contributed by atoms with E-state index >= 15 is 0 Å². The molecule has 0 saturated carbocycles. The lowest BCUT2D eigenvalue weighted by atomic mass is 10.0. The predicted molar refractivity (Wildman–Crippen MR) is 86.9 cm³/mol. The van der Waals surface area contributed by atoms with Gasteiger partial charge in [0.1, 0.15) is 11.3 Å². The summed E-state index contributed by atoms with van der Waals surface area (Å²) in [5.74, 6) is 0.840. The highest BCUT2D eigenvalue weighted by atomic mass is 35.5. The van der Waals surface area contributed by atoms with E-state index in [0.717, 1.165) is 23.3 Å². The van der Waals surface area contributed by atoms with Crippen molar-refractivity contribution < 1.29 is 9.15 Å². The Bertz CT molecular complexity index is 847. The minimum atomic E-state index is 0.0472. The fourth-order valence-electron chi connectivity index (χ4n) is 2.63. The second-order valence-corrected chi connectivity index (χ2v) is 6.02. The predicted octanol–water partition coefficient (Wildman–Crippen LogP) is 5.07. The Hall–Kier alpha value is -1.91. The molecule has 0 bridgehead atoms. The number of aromatic nitrogens is 1. The van der Waals surface area contributed by atoms with E-state index < -0.39 is 0 Å². The molecule has 0 spiro atoms. The maximum absolute atomic E-state index is 6.09. The van der Waals surface area contributed by atoms with Crippen LogP contribution in [0.15, 0.2) is 40.8 Å². The molecule has 0 aliphatic carbocycles. The molecular weight excluding hydrogens is 323 g/mol. The highest BCUT2D eigenvalue weighted by molar-refractivity contribution is 6.31. The number of nitrogens with zero attached hydrogens (tertiary/aromatic N) is 1. The first-order chi connectivity index (χ1) is 10.7. The maximum Gasteiger partial charge on any atom is 0.296 e. The third-order valence-corrected chi connectivity index (χ3v) is 4.13. The van der Waals surface area contributed by atoms with Crippen LogP contribution in [-0.4, -0.2) is 11.6 Å². The monoisotopic (exact) mass is 334 g/mol. The van der Waals surface area contributed by atoms with Crippen LogP contribution in [0.4, 0.5) is 6.01 Å². The van der Waals surface area contributed by atoms with Crippen molar-refractivity contribution in [1.29, 1.82) is 0 Å². The Balaban J connectivity index is 1.67. The molecule has 1 aromatic heterocycles. The number of anilines is 1. The second kappa shape index (κ2) is 5.38. The van der Waals surface area contributed by atoms with E-state index in [4.69, 9.17) is 32.4 Å². The number of nitrogens with one attached hydrogen (secondary N) is 1. The topological polar surface area (TPSA) is 47.3 Å². The molecule has 1 N–H and O–H groups in total. The fraction of sp³-hybridized carbons (Fsp3) is 0.188. The van der Waals surface area contributed by atoms with Crippen molar-refractivity contribution >= 4 is 40.3 Å². The van der Waals surface area contributed by atoms with Gasteiger partial charge in [-0.2, -0.15) is 4.98 Å². The van der Waals surface area contributed by atoms with Crippen LogP contribution < -0.4 is 10.1 Å². The standard InChI is InChI=1S/C16H12Cl2N2O2/c17-9-1-3-14-11(7-9)12(5-6-21-14)19-16-20-13-8-10(18)2-4-15(13)22-16/h1-4,7-8,12H,5-6H2,(H,19,20). The van der Waals surface area contributed by atoms with Crippen molar-refractivity contribution in [3.8, 4) is 5.75 Å². The fourth-order valence-corrected chi connectivity index (χ4v) is 2.97. The van der Waals surface area contributed by atoms with Gasteiger partial charge < -0.3 is 14.5 Å². The average Bonchev–Trinajstić information content (AvgIpc) is 2.89. The van der Waals surface area contributed by atoms with Gasteiger partial charge in [0.25, 0.3) is 6.01 Å². The van der Waals surface area contributed by atoms with Crippen molar-refractivity contribution in [2.24, 2.45) is 0 Å². The van der Waals surface area contributed by atoms with Crippen LogP contribution in [0.2, 0.25) is 10.0 Å². The molecule has 0 amide bonds. The SMILES string of the molecule is Clc1ccc2c(c1)C(Nc1nc3cc(Cl)ccc3o1)CCO2. The van der Waals surface area contributed by atoms with E-state index in [1.54, 1.807) is 12.1 Å². The lowest BCUT2D eigenvalue weighted by molar-refractivity contribution is 0.273. The van der Waals surface area contributed by atoms with Gasteiger partial charge in [0.2, 0.25) is 0 Å². The first-order valence-electron chi connectivity index (χ1n) is 6.94. The first kappa shape index (κ1) is 13.7. The lowest BCUT2D eigenvalue weighted by Gasteiger charge is -2.26. The summed E-state index contributed by atoms with van der Waals surface area (Å²) in [5.41, 5.74) is 2.44. The van der Waals surface area contributed by atoms with Gasteiger partial charge in [0.05, 0.1) is 12.6 Å².